The van der Waals surface area contributed by atoms with Gasteiger partial charge in [-0.1, -0.05) is 24.3 Å². The molecule has 0 spiro atoms. The van der Waals surface area contributed by atoms with Crippen molar-refractivity contribution in [2.24, 2.45) is 0 Å². The van der Waals surface area contributed by atoms with Gasteiger partial charge in [-0.15, -0.1) is 0 Å². The highest BCUT2D eigenvalue weighted by Crippen LogP contribution is 2.31. The van der Waals surface area contributed by atoms with Crippen LogP contribution in [-0.2, 0) is 6.42 Å². The van der Waals surface area contributed by atoms with Crippen molar-refractivity contribution in [2.75, 3.05) is 0 Å². The molecule has 98 valence electrons. The smallest absolute Gasteiger partial charge is 0.292 e. The van der Waals surface area contributed by atoms with E-state index in [9.17, 15) is 9.90 Å². The maximum Gasteiger partial charge on any atom is 0.292 e. The lowest BCUT2D eigenvalue weighted by atomic mass is 10.1. The summed E-state index contributed by atoms with van der Waals surface area (Å²) in [6.07, 6.45) is 1.08. The van der Waals surface area contributed by atoms with Gasteiger partial charge in [0.15, 0.2) is 5.69 Å². The van der Waals surface area contributed by atoms with E-state index in [0.717, 1.165) is 11.1 Å². The molecule has 0 bridgehead atoms. The highest BCUT2D eigenvalue weighted by atomic mass is 35.5. The molecule has 1 aromatic heterocycles. The Morgan fingerprint density at radius 2 is 2.26 bits per heavy atom. The van der Waals surface area contributed by atoms with Crippen molar-refractivity contribution in [3.05, 3.63) is 52.7 Å². The van der Waals surface area contributed by atoms with Crippen LogP contribution in [0, 0.1) is 0 Å². The number of nitrogens with zero attached hydrogens (tertiary/aromatic N) is 1. The molecule has 5 nitrogen and oxygen atoms in total. The first-order valence-electron chi connectivity index (χ1n) is 5.83. The molecular formula is C13H11ClN2O3. The number of amides is 1. The summed E-state index contributed by atoms with van der Waals surface area (Å²) in [4.78, 5) is 15.7. The van der Waals surface area contributed by atoms with Gasteiger partial charge in [0, 0.05) is 6.42 Å². The maximum atomic E-state index is 12.0. The van der Waals surface area contributed by atoms with E-state index in [4.69, 9.17) is 16.0 Å². The summed E-state index contributed by atoms with van der Waals surface area (Å²) >= 11 is 5.52. The SMILES string of the molecule is O=C(N[C@@H]1c2ccccc2C[C@@H]1O)c1coc(Cl)n1. The molecule has 2 N–H and O–H groups in total. The minimum Gasteiger partial charge on any atom is -0.435 e. The summed E-state index contributed by atoms with van der Waals surface area (Å²) in [5, 5.41) is 12.7. The lowest BCUT2D eigenvalue weighted by molar-refractivity contribution is 0.0853. The van der Waals surface area contributed by atoms with Crippen LogP contribution in [-0.4, -0.2) is 22.1 Å². The number of aliphatic hydroxyl groups excluding tert-OH is 1. The largest absolute Gasteiger partial charge is 0.435 e. The number of aromatic nitrogens is 1. The minimum atomic E-state index is -0.635. The topological polar surface area (TPSA) is 75.4 Å². The molecule has 1 heterocycles. The summed E-state index contributed by atoms with van der Waals surface area (Å²) in [5.74, 6) is -0.420. The van der Waals surface area contributed by atoms with Crippen molar-refractivity contribution in [1.82, 2.24) is 10.3 Å². The first-order chi connectivity index (χ1) is 9.15. The second-order valence-electron chi connectivity index (χ2n) is 4.41. The molecule has 2 atom stereocenters. The first-order valence-corrected chi connectivity index (χ1v) is 6.20. The van der Waals surface area contributed by atoms with E-state index in [1.807, 2.05) is 24.3 Å². The monoisotopic (exact) mass is 278 g/mol. The molecule has 0 aliphatic heterocycles. The average molecular weight is 279 g/mol. The molecule has 1 aliphatic carbocycles. The van der Waals surface area contributed by atoms with Gasteiger partial charge >= 0.3 is 0 Å². The fraction of sp³-hybridized carbons (Fsp3) is 0.231. The molecule has 2 aromatic rings. The number of rotatable bonds is 2. The molecule has 1 amide bonds. The second-order valence-corrected chi connectivity index (χ2v) is 4.73. The molecule has 6 heteroatoms. The third-order valence-corrected chi connectivity index (χ3v) is 3.37. The Bertz CT molecular complexity index is 626. The van der Waals surface area contributed by atoms with Crippen LogP contribution in [0.2, 0.25) is 5.35 Å². The van der Waals surface area contributed by atoms with Crippen LogP contribution in [0.4, 0.5) is 0 Å². The maximum absolute atomic E-state index is 12.0. The third kappa shape index (κ3) is 2.22. The van der Waals surface area contributed by atoms with E-state index in [1.165, 1.54) is 6.26 Å². The van der Waals surface area contributed by atoms with Crippen LogP contribution < -0.4 is 5.32 Å². The predicted molar refractivity (Wildman–Crippen MR) is 67.9 cm³/mol. The van der Waals surface area contributed by atoms with Gasteiger partial charge < -0.3 is 14.8 Å². The molecule has 1 aliphatic rings. The zero-order valence-electron chi connectivity index (χ0n) is 9.84. The van der Waals surface area contributed by atoms with Gasteiger partial charge in [0.1, 0.15) is 6.26 Å². The Morgan fingerprint density at radius 1 is 1.47 bits per heavy atom. The second kappa shape index (κ2) is 4.68. The zero-order valence-corrected chi connectivity index (χ0v) is 10.6. The van der Waals surface area contributed by atoms with E-state index in [2.05, 4.69) is 10.3 Å². The fourth-order valence-electron chi connectivity index (χ4n) is 2.32. The average Bonchev–Trinajstić information content (AvgIpc) is 2.95. The van der Waals surface area contributed by atoms with Crippen LogP contribution in [0.1, 0.15) is 27.7 Å². The molecule has 0 fully saturated rings. The van der Waals surface area contributed by atoms with Gasteiger partial charge in [0.25, 0.3) is 11.3 Å². The van der Waals surface area contributed by atoms with Crippen molar-refractivity contribution in [2.45, 2.75) is 18.6 Å². The Kier molecular flexibility index (Phi) is 3.00. The van der Waals surface area contributed by atoms with E-state index >= 15 is 0 Å². The normalized spacial score (nSPS) is 21.2. The summed E-state index contributed by atoms with van der Waals surface area (Å²) in [6, 6.07) is 7.19. The molecule has 19 heavy (non-hydrogen) atoms. The number of hydrogen-bond donors (Lipinski definition) is 2. The van der Waals surface area contributed by atoms with Crippen molar-refractivity contribution in [3.63, 3.8) is 0 Å². The van der Waals surface area contributed by atoms with Crippen LogP contribution in [0.5, 0.6) is 0 Å². The molecule has 0 saturated carbocycles. The predicted octanol–water partition coefficient (Wildman–Crippen LogP) is 1.72. The van der Waals surface area contributed by atoms with Gasteiger partial charge in [0.2, 0.25) is 0 Å². The Hall–Kier alpha value is -1.85. The number of fused-ring (bicyclic) bond motifs is 1. The molecule has 0 saturated heterocycles. The summed E-state index contributed by atoms with van der Waals surface area (Å²) in [5.41, 5.74) is 2.07. The number of benzene rings is 1. The number of carbonyl (C=O) groups is 1. The molecule has 1 aromatic carbocycles. The highest BCUT2D eigenvalue weighted by molar-refractivity contribution is 6.27. The molecule has 3 rings (SSSR count). The van der Waals surface area contributed by atoms with Crippen LogP contribution in [0.15, 0.2) is 34.9 Å². The first kappa shape index (κ1) is 12.2. The van der Waals surface area contributed by atoms with Gasteiger partial charge in [-0.05, 0) is 22.7 Å². The highest BCUT2D eigenvalue weighted by Gasteiger charge is 2.32. The number of hydrogen-bond acceptors (Lipinski definition) is 4. The van der Waals surface area contributed by atoms with Gasteiger partial charge in [-0.2, -0.15) is 4.98 Å². The Balaban J connectivity index is 1.82. The standard InChI is InChI=1S/C13H11ClN2O3/c14-13-15-9(6-19-13)12(18)16-11-8-4-2-1-3-7(8)5-10(11)17/h1-4,6,10-11,17H,5H2,(H,16,18)/t10-,11+/m0/s1. The quantitative estimate of drug-likeness (QED) is 0.877. The van der Waals surface area contributed by atoms with Crippen molar-refractivity contribution in [3.8, 4) is 0 Å². The fourth-order valence-corrected chi connectivity index (χ4v) is 2.45. The van der Waals surface area contributed by atoms with E-state index in [0.29, 0.717) is 6.42 Å². The number of carbonyl (C=O) groups excluding carboxylic acids is 1. The van der Waals surface area contributed by atoms with E-state index in [-0.39, 0.29) is 11.0 Å². The van der Waals surface area contributed by atoms with E-state index in [1.54, 1.807) is 0 Å². The van der Waals surface area contributed by atoms with Gasteiger partial charge in [0.05, 0.1) is 12.1 Å². The number of oxazole rings is 1. The Labute approximate surface area is 114 Å². The van der Waals surface area contributed by atoms with Crippen LogP contribution in [0.25, 0.3) is 0 Å². The number of aliphatic hydroxyl groups is 1. The summed E-state index contributed by atoms with van der Waals surface area (Å²) < 4.78 is 4.78. The number of halogens is 1. The summed E-state index contributed by atoms with van der Waals surface area (Å²) in [7, 11) is 0. The lowest BCUT2D eigenvalue weighted by Crippen LogP contribution is -2.34. The minimum absolute atomic E-state index is 0.0856. The van der Waals surface area contributed by atoms with Gasteiger partial charge in [-0.3, -0.25) is 4.79 Å². The molecule has 0 unspecified atom stereocenters. The van der Waals surface area contributed by atoms with Gasteiger partial charge in [-0.25, -0.2) is 0 Å². The zero-order chi connectivity index (χ0) is 13.4. The van der Waals surface area contributed by atoms with Crippen molar-refractivity contribution < 1.29 is 14.3 Å². The lowest BCUT2D eigenvalue weighted by Gasteiger charge is -2.16. The van der Waals surface area contributed by atoms with Crippen molar-refractivity contribution in [1.29, 1.82) is 0 Å². The van der Waals surface area contributed by atoms with Crippen molar-refractivity contribution >= 4 is 17.5 Å². The summed E-state index contributed by atoms with van der Waals surface area (Å²) in [6.45, 7) is 0. The molecule has 0 radical (unpaired) electrons. The van der Waals surface area contributed by atoms with Crippen LogP contribution >= 0.6 is 11.6 Å². The number of nitrogens with one attached hydrogen (secondary N) is 1. The third-order valence-electron chi connectivity index (χ3n) is 3.20. The Morgan fingerprint density at radius 3 is 3.00 bits per heavy atom. The van der Waals surface area contributed by atoms with Crippen LogP contribution in [0.3, 0.4) is 0 Å². The molecular weight excluding hydrogens is 268 g/mol. The van der Waals surface area contributed by atoms with E-state index < -0.39 is 18.1 Å².